The number of halogens is 4. The molecular formula is C9H10F4N4O3S. The molecule has 0 amide bonds. The summed E-state index contributed by atoms with van der Waals surface area (Å²) in [5.74, 6) is -1.44. The van der Waals surface area contributed by atoms with Gasteiger partial charge in [0.05, 0.1) is 5.69 Å². The zero-order valence-corrected chi connectivity index (χ0v) is 11.0. The van der Waals surface area contributed by atoms with Gasteiger partial charge in [0.25, 0.3) is 10.2 Å². The van der Waals surface area contributed by atoms with Crippen LogP contribution in [0.1, 0.15) is 5.56 Å². The minimum atomic E-state index is -4.74. The van der Waals surface area contributed by atoms with Gasteiger partial charge in [-0.2, -0.15) is 26.3 Å². The van der Waals surface area contributed by atoms with Crippen LogP contribution in [0.5, 0.6) is 0 Å². The summed E-state index contributed by atoms with van der Waals surface area (Å²) in [7, 11) is -4.58. The van der Waals surface area contributed by atoms with Crippen molar-refractivity contribution in [3.05, 3.63) is 29.6 Å². The summed E-state index contributed by atoms with van der Waals surface area (Å²) in [5.41, 5.74) is 4.53. The first-order valence-electron chi connectivity index (χ1n) is 5.15. The molecule has 0 radical (unpaired) electrons. The van der Waals surface area contributed by atoms with Gasteiger partial charge in [-0.05, 0) is 18.2 Å². The fourth-order valence-corrected chi connectivity index (χ4v) is 2.12. The number of rotatable bonds is 5. The molecule has 1 rings (SSSR count). The van der Waals surface area contributed by atoms with Crippen LogP contribution in [-0.4, -0.2) is 32.2 Å². The fourth-order valence-electron chi connectivity index (χ4n) is 1.23. The minimum absolute atomic E-state index is 0.338. The Balaban J connectivity index is 3.02. The molecule has 0 unspecified atom stereocenters. The molecule has 0 saturated carbocycles. The van der Waals surface area contributed by atoms with Crippen LogP contribution in [0.2, 0.25) is 0 Å². The highest BCUT2D eigenvalue weighted by molar-refractivity contribution is 7.90. The number of benzene rings is 1. The van der Waals surface area contributed by atoms with Gasteiger partial charge in [0, 0.05) is 5.56 Å². The van der Waals surface area contributed by atoms with Crippen LogP contribution in [0.4, 0.5) is 23.2 Å². The van der Waals surface area contributed by atoms with Crippen LogP contribution in [-0.2, 0) is 10.2 Å². The second-order valence-electron chi connectivity index (χ2n) is 3.72. The third-order valence-electron chi connectivity index (χ3n) is 2.07. The fraction of sp³-hybridized carbons (Fsp3) is 0.222. The highest BCUT2D eigenvalue weighted by Crippen LogP contribution is 2.18. The summed E-state index contributed by atoms with van der Waals surface area (Å²) >= 11 is 0. The lowest BCUT2D eigenvalue weighted by Gasteiger charge is -2.13. The Bertz CT molecular complexity index is 645. The molecule has 1 aromatic rings. The Labute approximate surface area is 116 Å². The van der Waals surface area contributed by atoms with Crippen molar-refractivity contribution in [2.45, 2.75) is 6.18 Å². The van der Waals surface area contributed by atoms with Crippen LogP contribution >= 0.6 is 0 Å². The van der Waals surface area contributed by atoms with E-state index >= 15 is 0 Å². The molecule has 5 N–H and O–H groups in total. The molecule has 0 fully saturated rings. The zero-order valence-electron chi connectivity index (χ0n) is 10.1. The third-order valence-corrected chi connectivity index (χ3v) is 3.09. The highest BCUT2D eigenvalue weighted by Gasteiger charge is 2.29. The second-order valence-corrected chi connectivity index (χ2v) is 5.22. The maximum Gasteiger partial charge on any atom is 0.402 e. The van der Waals surface area contributed by atoms with E-state index in [2.05, 4.69) is 5.16 Å². The minimum Gasteiger partial charge on any atom is -0.409 e. The Hall–Kier alpha value is -2.08. The molecule has 0 bridgehead atoms. The van der Waals surface area contributed by atoms with Crippen LogP contribution in [0, 0.1) is 5.82 Å². The smallest absolute Gasteiger partial charge is 0.402 e. The molecule has 118 valence electrons. The molecule has 21 heavy (non-hydrogen) atoms. The predicted octanol–water partition coefficient (Wildman–Crippen LogP) is 0.729. The maximum absolute atomic E-state index is 13.0. The van der Waals surface area contributed by atoms with Crippen molar-refractivity contribution in [1.29, 1.82) is 0 Å². The monoisotopic (exact) mass is 330 g/mol. The standard InChI is InChI=1S/C9H10F4N4O3S/c10-5-1-2-7(6(3-5)8(14)16-18)17-21(19,20)15-4-9(11,12)13/h1-3,15,17-18H,4H2,(H2,14,16). The highest BCUT2D eigenvalue weighted by atomic mass is 32.2. The van der Waals surface area contributed by atoms with Gasteiger partial charge in [-0.15, -0.1) is 0 Å². The average Bonchev–Trinajstić information content (AvgIpc) is 2.37. The predicted molar refractivity (Wildman–Crippen MR) is 65.5 cm³/mol. The number of amidine groups is 1. The summed E-state index contributed by atoms with van der Waals surface area (Å²) in [4.78, 5) is 0. The zero-order chi connectivity index (χ0) is 16.3. The first-order chi connectivity index (χ1) is 9.54. The first-order valence-corrected chi connectivity index (χ1v) is 6.64. The summed E-state index contributed by atoms with van der Waals surface area (Å²) in [6, 6.07) is 2.50. The molecule has 1 aromatic carbocycles. The Morgan fingerprint density at radius 2 is 2.00 bits per heavy atom. The SMILES string of the molecule is N/C(=N/O)c1cc(F)ccc1NS(=O)(=O)NCC(F)(F)F. The lowest BCUT2D eigenvalue weighted by Crippen LogP contribution is -2.37. The average molecular weight is 330 g/mol. The van der Waals surface area contributed by atoms with Crippen LogP contribution in [0.3, 0.4) is 0 Å². The van der Waals surface area contributed by atoms with Crippen molar-refractivity contribution in [3.8, 4) is 0 Å². The molecule has 0 aromatic heterocycles. The van der Waals surface area contributed by atoms with E-state index in [1.165, 1.54) is 4.72 Å². The van der Waals surface area contributed by atoms with Crippen molar-refractivity contribution >= 4 is 21.7 Å². The van der Waals surface area contributed by atoms with E-state index < -0.39 is 34.6 Å². The van der Waals surface area contributed by atoms with Crippen LogP contribution < -0.4 is 15.2 Å². The Kier molecular flexibility index (Phi) is 4.96. The number of hydrogen-bond donors (Lipinski definition) is 4. The second kappa shape index (κ2) is 6.13. The quantitative estimate of drug-likeness (QED) is 0.209. The van der Waals surface area contributed by atoms with E-state index in [1.807, 2.05) is 0 Å². The number of nitrogens with one attached hydrogen (secondary N) is 2. The van der Waals surface area contributed by atoms with Gasteiger partial charge in [-0.1, -0.05) is 5.16 Å². The largest absolute Gasteiger partial charge is 0.409 e. The molecule has 0 atom stereocenters. The van der Waals surface area contributed by atoms with E-state index in [4.69, 9.17) is 10.9 Å². The van der Waals surface area contributed by atoms with Gasteiger partial charge < -0.3 is 10.9 Å². The van der Waals surface area contributed by atoms with E-state index in [9.17, 15) is 26.0 Å². The first kappa shape index (κ1) is 17.0. The van der Waals surface area contributed by atoms with Crippen molar-refractivity contribution in [1.82, 2.24) is 4.72 Å². The maximum atomic E-state index is 13.0. The third kappa shape index (κ3) is 5.43. The number of alkyl halides is 3. The number of hydrogen-bond acceptors (Lipinski definition) is 4. The topological polar surface area (TPSA) is 117 Å². The molecule has 0 aliphatic rings. The van der Waals surface area contributed by atoms with E-state index in [0.29, 0.717) is 0 Å². The lowest BCUT2D eigenvalue weighted by atomic mass is 10.1. The van der Waals surface area contributed by atoms with Crippen LogP contribution in [0.15, 0.2) is 23.4 Å². The number of anilines is 1. The molecule has 12 heteroatoms. The Morgan fingerprint density at radius 3 is 2.52 bits per heavy atom. The molecule has 7 nitrogen and oxygen atoms in total. The number of nitrogens with zero attached hydrogens (tertiary/aromatic N) is 1. The van der Waals surface area contributed by atoms with Gasteiger partial charge in [0.1, 0.15) is 12.4 Å². The number of oxime groups is 1. The van der Waals surface area contributed by atoms with Gasteiger partial charge in [0.2, 0.25) is 0 Å². The van der Waals surface area contributed by atoms with Crippen LogP contribution in [0.25, 0.3) is 0 Å². The van der Waals surface area contributed by atoms with E-state index in [0.717, 1.165) is 18.2 Å². The number of nitrogens with two attached hydrogens (primary N) is 1. The summed E-state index contributed by atoms with van der Waals surface area (Å²) in [5, 5.41) is 11.1. The van der Waals surface area contributed by atoms with Gasteiger partial charge in [-0.25, -0.2) is 4.39 Å². The normalized spacial score (nSPS) is 13.2. The van der Waals surface area contributed by atoms with Crippen molar-refractivity contribution in [3.63, 3.8) is 0 Å². The molecule has 0 aliphatic carbocycles. The van der Waals surface area contributed by atoms with Crippen molar-refractivity contribution in [2.24, 2.45) is 10.9 Å². The lowest BCUT2D eigenvalue weighted by molar-refractivity contribution is -0.121. The molecule has 0 spiro atoms. The van der Waals surface area contributed by atoms with Crippen molar-refractivity contribution < 1.29 is 31.2 Å². The van der Waals surface area contributed by atoms with E-state index in [1.54, 1.807) is 4.72 Å². The van der Waals surface area contributed by atoms with Crippen molar-refractivity contribution in [2.75, 3.05) is 11.3 Å². The van der Waals surface area contributed by atoms with Gasteiger partial charge >= 0.3 is 6.18 Å². The molecular weight excluding hydrogens is 320 g/mol. The molecule has 0 aliphatic heterocycles. The van der Waals surface area contributed by atoms with E-state index in [-0.39, 0.29) is 11.3 Å². The van der Waals surface area contributed by atoms with Gasteiger partial charge in [-0.3, -0.25) is 4.72 Å². The van der Waals surface area contributed by atoms with Gasteiger partial charge in [0.15, 0.2) is 5.84 Å². The molecule has 0 heterocycles. The Morgan fingerprint density at radius 1 is 1.38 bits per heavy atom. The molecule has 0 saturated heterocycles. The summed E-state index contributed by atoms with van der Waals surface area (Å²) in [6.45, 7) is -1.79. The summed E-state index contributed by atoms with van der Waals surface area (Å²) in [6.07, 6.45) is -4.74. The summed E-state index contributed by atoms with van der Waals surface area (Å²) < 4.78 is 74.8.